The smallest absolute Gasteiger partial charge is 0.194 e. The van der Waals surface area contributed by atoms with Crippen LogP contribution in [0.1, 0.15) is 27.1 Å². The Morgan fingerprint density at radius 3 is 1.77 bits per heavy atom. The summed E-state index contributed by atoms with van der Waals surface area (Å²) in [7, 11) is 0. The van der Waals surface area contributed by atoms with Crippen molar-refractivity contribution >= 4 is 22.5 Å². The van der Waals surface area contributed by atoms with Crippen molar-refractivity contribution in [3.05, 3.63) is 106 Å². The summed E-state index contributed by atoms with van der Waals surface area (Å²) in [6.45, 7) is 2.66. The topological polar surface area (TPSA) is 0 Å². The van der Waals surface area contributed by atoms with Crippen LogP contribution < -0.4 is 0 Å². The number of halogens is 9. The number of benzene rings is 3. The second kappa shape index (κ2) is 9.26. The van der Waals surface area contributed by atoms with Gasteiger partial charge in [-0.1, -0.05) is 60.7 Å². The van der Waals surface area contributed by atoms with E-state index in [1.54, 1.807) is 30.3 Å². The fourth-order valence-corrected chi connectivity index (χ4v) is 5.94. The number of hydrogen-bond donors (Lipinski definition) is 0. The molecule has 0 N–H and O–H groups in total. The Kier molecular flexibility index (Phi) is 6.48. The minimum Gasteiger partial charge on any atom is -0.194 e. The van der Waals surface area contributed by atoms with Gasteiger partial charge in [0.25, 0.3) is 0 Å². The largest absolute Gasteiger partial charge is 0.416 e. The lowest BCUT2D eigenvalue weighted by molar-refractivity contribution is -0.254. The Balaban J connectivity index is 1.72. The molecule has 208 valence electrons. The van der Waals surface area contributed by atoms with E-state index >= 15 is 17.6 Å². The minimum absolute atomic E-state index is 0.0771. The molecular formula is C30H19F9S. The van der Waals surface area contributed by atoms with Gasteiger partial charge in [0.1, 0.15) is 0 Å². The highest BCUT2D eigenvalue weighted by Gasteiger charge is 2.80. The first-order chi connectivity index (χ1) is 18.6. The SMILES string of the molecule is Cc1cc(-c2cccc(C(F)(F)F)c2)ccc1C1=C(c2cc(-c3ccccc3)sc2C)C(F)(F)C(F)(F)C1(F)F. The molecule has 0 saturated carbocycles. The van der Waals surface area contributed by atoms with Crippen molar-refractivity contribution in [2.24, 2.45) is 0 Å². The number of thiophene rings is 1. The maximum absolute atomic E-state index is 15.3. The number of allylic oxidation sites excluding steroid dienone is 2. The van der Waals surface area contributed by atoms with Gasteiger partial charge < -0.3 is 0 Å². The molecule has 1 aromatic heterocycles. The third-order valence-corrected chi connectivity index (χ3v) is 8.03. The first kappa shape index (κ1) is 28.0. The molecule has 4 aromatic rings. The van der Waals surface area contributed by atoms with E-state index in [1.807, 2.05) is 0 Å². The molecule has 0 aliphatic heterocycles. The summed E-state index contributed by atoms with van der Waals surface area (Å²) in [5, 5.41) is 0. The average molecular weight is 583 g/mol. The molecule has 0 saturated heterocycles. The fraction of sp³-hybridized carbons (Fsp3) is 0.200. The summed E-state index contributed by atoms with van der Waals surface area (Å²) in [6, 6.07) is 17.3. The van der Waals surface area contributed by atoms with Crippen LogP contribution in [0.2, 0.25) is 0 Å². The first-order valence-corrected chi connectivity index (χ1v) is 12.7. The predicted octanol–water partition coefficient (Wildman–Crippen LogP) is 10.5. The Bertz CT molecular complexity index is 1630. The van der Waals surface area contributed by atoms with Crippen LogP contribution in [0, 0.1) is 13.8 Å². The molecule has 40 heavy (non-hydrogen) atoms. The third-order valence-electron chi connectivity index (χ3n) is 6.93. The van der Waals surface area contributed by atoms with E-state index in [0.717, 1.165) is 41.7 Å². The van der Waals surface area contributed by atoms with Gasteiger partial charge in [0.15, 0.2) is 0 Å². The minimum atomic E-state index is -5.72. The molecule has 1 heterocycles. The Morgan fingerprint density at radius 2 is 1.18 bits per heavy atom. The highest BCUT2D eigenvalue weighted by atomic mass is 32.1. The van der Waals surface area contributed by atoms with Crippen LogP contribution in [0.3, 0.4) is 0 Å². The Labute approximate surface area is 227 Å². The van der Waals surface area contributed by atoms with Gasteiger partial charge in [-0.15, -0.1) is 11.3 Å². The molecule has 0 atom stereocenters. The molecule has 5 rings (SSSR count). The number of hydrogen-bond acceptors (Lipinski definition) is 1. The zero-order valence-electron chi connectivity index (χ0n) is 20.8. The lowest BCUT2D eigenvalue weighted by Crippen LogP contribution is -2.49. The first-order valence-electron chi connectivity index (χ1n) is 11.9. The van der Waals surface area contributed by atoms with Crippen LogP contribution in [0.4, 0.5) is 39.5 Å². The highest BCUT2D eigenvalue weighted by molar-refractivity contribution is 7.15. The molecule has 0 spiro atoms. The predicted molar refractivity (Wildman–Crippen MR) is 138 cm³/mol. The lowest BCUT2D eigenvalue weighted by Gasteiger charge is -2.26. The van der Waals surface area contributed by atoms with E-state index in [-0.39, 0.29) is 21.6 Å². The Hall–Kier alpha value is -3.53. The standard InChI is InChI=1S/C30H19F9S/c1-16-13-20(19-9-6-10-21(14-19)29(35,36)37)11-12-22(16)25-26(28(33,34)30(38,39)27(25,31)32)23-15-24(40-17(23)2)18-7-4-3-5-8-18/h3-15H,1-2H3. The van der Waals surface area contributed by atoms with Crippen LogP contribution >= 0.6 is 11.3 Å². The van der Waals surface area contributed by atoms with Gasteiger partial charge in [0.2, 0.25) is 0 Å². The molecule has 0 unspecified atom stereocenters. The third kappa shape index (κ3) is 4.24. The molecule has 0 bridgehead atoms. The second-order valence-electron chi connectivity index (χ2n) is 9.53. The molecule has 1 aliphatic rings. The van der Waals surface area contributed by atoms with E-state index in [1.165, 1.54) is 32.0 Å². The normalized spacial score (nSPS) is 17.9. The molecule has 3 aromatic carbocycles. The van der Waals surface area contributed by atoms with E-state index in [4.69, 9.17) is 0 Å². The van der Waals surface area contributed by atoms with Crippen molar-refractivity contribution in [3.63, 3.8) is 0 Å². The van der Waals surface area contributed by atoms with Gasteiger partial charge in [-0.3, -0.25) is 0 Å². The van der Waals surface area contributed by atoms with Gasteiger partial charge in [0.05, 0.1) is 5.56 Å². The van der Waals surface area contributed by atoms with Crippen LogP contribution in [0.15, 0.2) is 78.9 Å². The van der Waals surface area contributed by atoms with E-state index in [2.05, 4.69) is 0 Å². The zero-order valence-corrected chi connectivity index (χ0v) is 21.6. The second-order valence-corrected chi connectivity index (χ2v) is 10.8. The molecule has 1 aliphatic carbocycles. The Morgan fingerprint density at radius 1 is 0.600 bits per heavy atom. The van der Waals surface area contributed by atoms with Gasteiger partial charge in [0, 0.05) is 20.9 Å². The summed E-state index contributed by atoms with van der Waals surface area (Å²) in [6.07, 6.45) is -4.63. The maximum atomic E-state index is 15.3. The van der Waals surface area contributed by atoms with Crippen molar-refractivity contribution in [3.8, 4) is 21.6 Å². The summed E-state index contributed by atoms with van der Waals surface area (Å²) in [5.74, 6) is -16.2. The zero-order chi connectivity index (χ0) is 29.3. The van der Waals surface area contributed by atoms with Crippen molar-refractivity contribution in [1.82, 2.24) is 0 Å². The summed E-state index contributed by atoms with van der Waals surface area (Å²) >= 11 is 1.01. The number of alkyl halides is 9. The number of rotatable bonds is 4. The summed E-state index contributed by atoms with van der Waals surface area (Å²) in [4.78, 5) is 0.587. The van der Waals surface area contributed by atoms with Gasteiger partial charge in [-0.05, 0) is 65.4 Å². The molecule has 10 heteroatoms. The quantitative estimate of drug-likeness (QED) is 0.210. The molecule has 0 radical (unpaired) electrons. The molecule has 0 nitrogen and oxygen atoms in total. The van der Waals surface area contributed by atoms with Crippen LogP contribution in [-0.2, 0) is 6.18 Å². The molecular weight excluding hydrogens is 563 g/mol. The van der Waals surface area contributed by atoms with Crippen LogP contribution in [0.5, 0.6) is 0 Å². The van der Waals surface area contributed by atoms with E-state index < -0.39 is 51.8 Å². The molecule has 0 fully saturated rings. The van der Waals surface area contributed by atoms with E-state index in [0.29, 0.717) is 10.4 Å². The monoisotopic (exact) mass is 582 g/mol. The van der Waals surface area contributed by atoms with Crippen molar-refractivity contribution in [1.29, 1.82) is 0 Å². The highest BCUT2D eigenvalue weighted by Crippen LogP contribution is 2.65. The van der Waals surface area contributed by atoms with Crippen molar-refractivity contribution in [2.75, 3.05) is 0 Å². The van der Waals surface area contributed by atoms with Crippen molar-refractivity contribution < 1.29 is 39.5 Å². The number of aryl methyl sites for hydroxylation is 2. The lowest BCUT2D eigenvalue weighted by atomic mass is 9.90. The average Bonchev–Trinajstić information content (AvgIpc) is 3.31. The maximum Gasteiger partial charge on any atom is 0.416 e. The van der Waals surface area contributed by atoms with Gasteiger partial charge in [-0.2, -0.15) is 39.5 Å². The summed E-state index contributed by atoms with van der Waals surface area (Å²) in [5.41, 5.74) is -4.08. The van der Waals surface area contributed by atoms with Crippen LogP contribution in [-0.4, -0.2) is 17.8 Å². The van der Waals surface area contributed by atoms with E-state index in [9.17, 15) is 22.0 Å². The van der Waals surface area contributed by atoms with Crippen molar-refractivity contribution in [2.45, 2.75) is 37.8 Å². The van der Waals surface area contributed by atoms with Gasteiger partial charge in [-0.25, -0.2) is 0 Å². The van der Waals surface area contributed by atoms with Gasteiger partial charge >= 0.3 is 23.9 Å². The molecule has 0 amide bonds. The fourth-order valence-electron chi connectivity index (χ4n) is 4.91. The summed E-state index contributed by atoms with van der Waals surface area (Å²) < 4.78 is 131. The van der Waals surface area contributed by atoms with Crippen LogP contribution in [0.25, 0.3) is 32.7 Å².